The zero-order chi connectivity index (χ0) is 37.8. The lowest BCUT2D eigenvalue weighted by atomic mass is 9.81. The lowest BCUT2D eigenvalue weighted by Gasteiger charge is -2.22. The van der Waals surface area contributed by atoms with Crippen LogP contribution in [0.2, 0.25) is 0 Å². The van der Waals surface area contributed by atoms with Crippen molar-refractivity contribution >= 4 is 21.5 Å². The first-order valence-electron chi connectivity index (χ1n) is 19.9. The van der Waals surface area contributed by atoms with Gasteiger partial charge in [0.2, 0.25) is 0 Å². The van der Waals surface area contributed by atoms with Crippen molar-refractivity contribution in [2.45, 2.75) is 38.5 Å². The molecule has 2 aliphatic rings. The van der Waals surface area contributed by atoms with Crippen molar-refractivity contribution in [1.29, 1.82) is 0 Å². The van der Waals surface area contributed by atoms with Crippen LogP contribution in [-0.4, -0.2) is 0 Å². The van der Waals surface area contributed by atoms with Gasteiger partial charge in [-0.15, -0.1) is 0 Å². The molecule has 2 aliphatic carbocycles. The Kier molecular flexibility index (Phi) is 7.05. The molecule has 0 heterocycles. The minimum Gasteiger partial charge on any atom is -0.0619 e. The molecule has 266 valence electrons. The molecule has 0 fully saturated rings. The van der Waals surface area contributed by atoms with Crippen molar-refractivity contribution in [2.75, 3.05) is 0 Å². The maximum atomic E-state index is 2.42. The van der Waals surface area contributed by atoms with Crippen LogP contribution < -0.4 is 0 Å². The molecule has 0 aliphatic heterocycles. The van der Waals surface area contributed by atoms with E-state index in [-0.39, 0.29) is 10.8 Å². The summed E-state index contributed by atoms with van der Waals surface area (Å²) >= 11 is 0. The fourth-order valence-electron chi connectivity index (χ4n) is 10.2. The first-order chi connectivity index (χ1) is 27.3. The van der Waals surface area contributed by atoms with Gasteiger partial charge in [-0.2, -0.15) is 0 Å². The predicted molar refractivity (Wildman–Crippen MR) is 238 cm³/mol. The molecule has 9 aromatic carbocycles. The van der Waals surface area contributed by atoms with Crippen molar-refractivity contribution < 1.29 is 0 Å². The summed E-state index contributed by atoms with van der Waals surface area (Å²) in [6.45, 7) is 9.42. The normalized spacial score (nSPS) is 14.4. The molecule has 0 radical (unpaired) electrons. The van der Waals surface area contributed by atoms with Gasteiger partial charge in [0.25, 0.3) is 0 Å². The number of fused-ring (bicyclic) bond motifs is 8. The Morgan fingerprint density at radius 1 is 0.250 bits per heavy atom. The molecule has 0 heteroatoms. The van der Waals surface area contributed by atoms with Gasteiger partial charge in [0.05, 0.1) is 0 Å². The van der Waals surface area contributed by atoms with Crippen LogP contribution in [0.4, 0.5) is 0 Å². The Bertz CT molecular complexity index is 2780. The van der Waals surface area contributed by atoms with Gasteiger partial charge in [0.15, 0.2) is 0 Å². The largest absolute Gasteiger partial charge is 0.0619 e. The Hall–Kier alpha value is -6.50. The van der Waals surface area contributed by atoms with Gasteiger partial charge in [-0.1, -0.05) is 198 Å². The Morgan fingerprint density at radius 3 is 0.911 bits per heavy atom. The molecular weight excluding hydrogens is 673 g/mol. The van der Waals surface area contributed by atoms with Gasteiger partial charge in [0, 0.05) is 10.8 Å². The summed E-state index contributed by atoms with van der Waals surface area (Å²) in [6.07, 6.45) is 0. The minimum atomic E-state index is -0.0201. The van der Waals surface area contributed by atoms with Crippen LogP contribution in [0.5, 0.6) is 0 Å². The lowest BCUT2D eigenvalue weighted by molar-refractivity contribution is 0.660. The van der Waals surface area contributed by atoms with Crippen molar-refractivity contribution in [2.24, 2.45) is 0 Å². The summed E-state index contributed by atoms with van der Waals surface area (Å²) in [5.74, 6) is 0. The van der Waals surface area contributed by atoms with Gasteiger partial charge in [0.1, 0.15) is 0 Å². The molecule has 0 amide bonds. The van der Waals surface area contributed by atoms with Crippen LogP contribution in [0.25, 0.3) is 88.3 Å². The van der Waals surface area contributed by atoms with E-state index in [1.54, 1.807) is 0 Å². The molecule has 0 aromatic heterocycles. The van der Waals surface area contributed by atoms with Crippen LogP contribution in [0.3, 0.4) is 0 Å². The van der Waals surface area contributed by atoms with Crippen LogP contribution >= 0.6 is 0 Å². The van der Waals surface area contributed by atoms with Gasteiger partial charge < -0.3 is 0 Å². The molecule has 9 aromatic rings. The molecule has 0 nitrogen and oxygen atoms in total. The first kappa shape index (κ1) is 32.9. The third-order valence-corrected chi connectivity index (χ3v) is 13.1. The van der Waals surface area contributed by atoms with Crippen molar-refractivity contribution in [3.63, 3.8) is 0 Å². The van der Waals surface area contributed by atoms with E-state index < -0.39 is 0 Å². The molecule has 0 N–H and O–H groups in total. The summed E-state index contributed by atoms with van der Waals surface area (Å²) in [7, 11) is 0. The summed E-state index contributed by atoms with van der Waals surface area (Å²) in [4.78, 5) is 0. The third kappa shape index (κ3) is 4.72. The van der Waals surface area contributed by atoms with Gasteiger partial charge >= 0.3 is 0 Å². The Labute approximate surface area is 329 Å². The number of rotatable bonds is 4. The van der Waals surface area contributed by atoms with E-state index in [4.69, 9.17) is 0 Å². The zero-order valence-corrected chi connectivity index (χ0v) is 32.3. The van der Waals surface area contributed by atoms with E-state index >= 15 is 0 Å². The summed E-state index contributed by atoms with van der Waals surface area (Å²) < 4.78 is 0. The minimum absolute atomic E-state index is 0.0201. The molecular formula is C56H42. The first-order valence-corrected chi connectivity index (χ1v) is 19.9. The number of hydrogen-bond acceptors (Lipinski definition) is 0. The molecule has 0 unspecified atom stereocenters. The van der Waals surface area contributed by atoms with Crippen LogP contribution in [0, 0.1) is 0 Å². The van der Waals surface area contributed by atoms with Gasteiger partial charge in [-0.05, 0) is 123 Å². The molecule has 0 saturated heterocycles. The van der Waals surface area contributed by atoms with E-state index in [9.17, 15) is 0 Å². The average molecular weight is 715 g/mol. The monoisotopic (exact) mass is 714 g/mol. The van der Waals surface area contributed by atoms with E-state index in [1.165, 1.54) is 111 Å². The fraction of sp³-hybridized carbons (Fsp3) is 0.107. The third-order valence-electron chi connectivity index (χ3n) is 13.1. The molecule has 0 saturated carbocycles. The zero-order valence-electron chi connectivity index (χ0n) is 32.3. The second-order valence-electron chi connectivity index (χ2n) is 16.9. The van der Waals surface area contributed by atoms with E-state index in [2.05, 4.69) is 210 Å². The fourth-order valence-corrected chi connectivity index (χ4v) is 10.2. The Morgan fingerprint density at radius 2 is 0.536 bits per heavy atom. The highest BCUT2D eigenvalue weighted by Crippen LogP contribution is 2.51. The second-order valence-corrected chi connectivity index (χ2v) is 16.9. The van der Waals surface area contributed by atoms with Gasteiger partial charge in [-0.25, -0.2) is 0 Å². The van der Waals surface area contributed by atoms with Crippen molar-refractivity contribution in [3.8, 4) is 66.8 Å². The highest BCUT2D eigenvalue weighted by atomic mass is 14.4. The maximum Gasteiger partial charge on any atom is 0.0159 e. The topological polar surface area (TPSA) is 0 Å². The number of benzene rings is 9. The number of hydrogen-bond donors (Lipinski definition) is 0. The van der Waals surface area contributed by atoms with Gasteiger partial charge in [-0.3, -0.25) is 0 Å². The molecule has 0 atom stereocenters. The molecule has 0 bridgehead atoms. The van der Waals surface area contributed by atoms with E-state index in [1.807, 2.05) is 0 Å². The summed E-state index contributed by atoms with van der Waals surface area (Å²) in [5.41, 5.74) is 21.1. The highest BCUT2D eigenvalue weighted by molar-refractivity contribution is 6.21. The van der Waals surface area contributed by atoms with Crippen molar-refractivity contribution in [1.82, 2.24) is 0 Å². The van der Waals surface area contributed by atoms with Crippen molar-refractivity contribution in [3.05, 3.63) is 204 Å². The Balaban J connectivity index is 0.978. The second kappa shape index (κ2) is 12.0. The molecule has 0 spiro atoms. The SMILES string of the molecule is CC1(C)c2ccccc2-c2ccc(-c3ccc(-c4c5ccccc5c(-c5ccc(-c6ccc7c(c6)C(C)(C)c6ccccc6-7)cc5)c5ccccc45)cc3)cc21. The molecule has 56 heavy (non-hydrogen) atoms. The van der Waals surface area contributed by atoms with Crippen LogP contribution in [-0.2, 0) is 10.8 Å². The lowest BCUT2D eigenvalue weighted by Crippen LogP contribution is -2.14. The maximum absolute atomic E-state index is 2.42. The standard InChI is InChI=1S/C56H42/c1-55(2)49-19-11-9-13-41(49)43-31-29-39(33-51(43)55)35-21-25-37(26-22-35)53-45-15-5-7-17-47(45)54(48-18-8-6-16-46(48)53)38-27-23-36(24-28-38)40-30-32-44-42-14-10-12-20-50(42)56(3,4)52(44)34-40/h5-34H,1-4H3. The van der Waals surface area contributed by atoms with E-state index in [0.29, 0.717) is 0 Å². The van der Waals surface area contributed by atoms with Crippen LogP contribution in [0.1, 0.15) is 49.9 Å². The average Bonchev–Trinajstić information content (AvgIpc) is 3.62. The predicted octanol–water partition coefficient (Wildman–Crippen LogP) is 15.3. The van der Waals surface area contributed by atoms with Crippen LogP contribution in [0.15, 0.2) is 182 Å². The smallest absolute Gasteiger partial charge is 0.0159 e. The highest BCUT2D eigenvalue weighted by Gasteiger charge is 2.36. The molecule has 11 rings (SSSR count). The van der Waals surface area contributed by atoms with E-state index in [0.717, 1.165) is 0 Å². The summed E-state index contributed by atoms with van der Waals surface area (Å²) in [6, 6.07) is 68.2. The summed E-state index contributed by atoms with van der Waals surface area (Å²) in [5, 5.41) is 5.09. The quantitative estimate of drug-likeness (QED) is 0.159.